The number of H-pyrrole nitrogens is 1. The average Bonchev–Trinajstić information content (AvgIpc) is 3.28. The number of nitrogens with zero attached hydrogens (tertiary/aromatic N) is 5. The topological polar surface area (TPSA) is 94.7 Å². The van der Waals surface area contributed by atoms with E-state index in [1.807, 2.05) is 64.5 Å². The van der Waals surface area contributed by atoms with Crippen LogP contribution in [0.4, 0.5) is 11.4 Å². The van der Waals surface area contributed by atoms with Crippen LogP contribution in [0.2, 0.25) is 0 Å². The van der Waals surface area contributed by atoms with Gasteiger partial charge in [-0.25, -0.2) is 0 Å². The molecule has 8 heteroatoms. The van der Waals surface area contributed by atoms with Gasteiger partial charge in [0.1, 0.15) is 5.69 Å². The summed E-state index contributed by atoms with van der Waals surface area (Å²) in [4.78, 5) is 15.1. The van der Waals surface area contributed by atoms with Crippen molar-refractivity contribution < 1.29 is 0 Å². The number of aromatic nitrogens is 5. The lowest BCUT2D eigenvalue weighted by molar-refractivity contribution is 0.447. The van der Waals surface area contributed by atoms with Gasteiger partial charge in [-0.1, -0.05) is 25.8 Å². The molecule has 0 fully saturated rings. The predicted molar refractivity (Wildman–Crippen MR) is 162 cm³/mol. The molecule has 3 N–H and O–H groups in total. The summed E-state index contributed by atoms with van der Waals surface area (Å²) in [5, 5.41) is 15.8. The van der Waals surface area contributed by atoms with E-state index in [1.54, 1.807) is 24.8 Å². The van der Waals surface area contributed by atoms with Gasteiger partial charge < -0.3 is 15.5 Å². The molecule has 0 amide bonds. The zero-order valence-corrected chi connectivity index (χ0v) is 22.9. The number of allylic oxidation sites excluding steroid dienone is 2. The van der Waals surface area contributed by atoms with Gasteiger partial charge in [-0.2, -0.15) is 5.10 Å². The molecule has 39 heavy (non-hydrogen) atoms. The summed E-state index contributed by atoms with van der Waals surface area (Å²) >= 11 is 0. The Kier molecular flexibility index (Phi) is 8.48. The fraction of sp³-hybridized carbons (Fsp3) is 0.161. The van der Waals surface area contributed by atoms with Gasteiger partial charge >= 0.3 is 0 Å². The first-order chi connectivity index (χ1) is 18.7. The molecule has 0 saturated carbocycles. The van der Waals surface area contributed by atoms with E-state index in [0.29, 0.717) is 11.4 Å². The van der Waals surface area contributed by atoms with Crippen molar-refractivity contribution in [3.05, 3.63) is 108 Å². The summed E-state index contributed by atoms with van der Waals surface area (Å²) in [5.41, 5.74) is 8.97. The molecule has 0 unspecified atom stereocenters. The Morgan fingerprint density at radius 2 is 1.82 bits per heavy atom. The number of hydrogen-bond donors (Lipinski definition) is 3. The van der Waals surface area contributed by atoms with E-state index < -0.39 is 0 Å². The molecule has 198 valence electrons. The Morgan fingerprint density at radius 1 is 1.05 bits per heavy atom. The standard InChI is InChI=1S/C31H34N8/c1-20(26-16-27(18-33-17-26)35-21(2)19-39(6)7)8-9-29-23(4)30(38-37-29)24(5)36-28-12-15-34-31(22(28)3)25-10-13-32-14-11-25/h8-18,35,37H,2,4-5,19H2,1,3,6-7H3,(H,34,36)/b20-8+,29-9+. The highest BCUT2D eigenvalue weighted by atomic mass is 15.1. The molecule has 4 aromatic rings. The second-order valence-corrected chi connectivity index (χ2v) is 9.58. The summed E-state index contributed by atoms with van der Waals surface area (Å²) in [5.74, 6) is 0. The van der Waals surface area contributed by atoms with Crippen LogP contribution in [0.25, 0.3) is 35.2 Å². The van der Waals surface area contributed by atoms with Gasteiger partial charge in [0.05, 0.1) is 28.6 Å². The predicted octanol–water partition coefficient (Wildman–Crippen LogP) is 4.43. The van der Waals surface area contributed by atoms with E-state index in [-0.39, 0.29) is 0 Å². The SMILES string of the molecule is C=C(CN(C)C)Nc1cncc(/C(C)=C/C=c2/[nH]nc(C(=C)Nc3ccnc(-c4ccncc4)c3C)c2=C)c1. The molecule has 0 aliphatic heterocycles. The van der Waals surface area contributed by atoms with Crippen molar-refractivity contribution in [2.75, 3.05) is 31.3 Å². The third kappa shape index (κ3) is 6.74. The Labute approximate surface area is 229 Å². The van der Waals surface area contributed by atoms with Crippen LogP contribution in [0.5, 0.6) is 0 Å². The molecular formula is C31H34N8. The lowest BCUT2D eigenvalue weighted by Gasteiger charge is -2.14. The number of anilines is 2. The van der Waals surface area contributed by atoms with E-state index >= 15 is 0 Å². The Balaban J connectivity index is 1.51. The highest BCUT2D eigenvalue weighted by Crippen LogP contribution is 2.27. The van der Waals surface area contributed by atoms with E-state index in [2.05, 4.69) is 66.5 Å². The molecule has 0 aliphatic carbocycles. The highest BCUT2D eigenvalue weighted by Gasteiger charge is 2.11. The molecular weight excluding hydrogens is 484 g/mol. The van der Waals surface area contributed by atoms with Crippen LogP contribution in [-0.2, 0) is 0 Å². The molecule has 4 aromatic heterocycles. The van der Waals surface area contributed by atoms with Crippen molar-refractivity contribution in [2.24, 2.45) is 0 Å². The van der Waals surface area contributed by atoms with Crippen molar-refractivity contribution in [1.29, 1.82) is 0 Å². The highest BCUT2D eigenvalue weighted by molar-refractivity contribution is 5.79. The zero-order chi connectivity index (χ0) is 27.9. The smallest absolute Gasteiger partial charge is 0.115 e. The Morgan fingerprint density at radius 3 is 2.56 bits per heavy atom. The Hall–Kier alpha value is -4.82. The van der Waals surface area contributed by atoms with Crippen molar-refractivity contribution in [3.8, 4) is 11.3 Å². The summed E-state index contributed by atoms with van der Waals surface area (Å²) in [7, 11) is 4.01. The minimum Gasteiger partial charge on any atom is -0.357 e. The summed E-state index contributed by atoms with van der Waals surface area (Å²) in [6, 6.07) is 7.86. The van der Waals surface area contributed by atoms with E-state index in [9.17, 15) is 0 Å². The number of aromatic amines is 1. The summed E-state index contributed by atoms with van der Waals surface area (Å²) in [6.07, 6.45) is 12.9. The fourth-order valence-corrected chi connectivity index (χ4v) is 4.11. The third-order valence-corrected chi connectivity index (χ3v) is 6.15. The van der Waals surface area contributed by atoms with Crippen molar-refractivity contribution in [3.63, 3.8) is 0 Å². The first kappa shape index (κ1) is 27.2. The summed E-state index contributed by atoms with van der Waals surface area (Å²) < 4.78 is 0. The lowest BCUT2D eigenvalue weighted by Crippen LogP contribution is -2.23. The minimum atomic E-state index is 0.646. The lowest BCUT2D eigenvalue weighted by atomic mass is 10.1. The van der Waals surface area contributed by atoms with Crippen LogP contribution in [0.3, 0.4) is 0 Å². The maximum Gasteiger partial charge on any atom is 0.115 e. The van der Waals surface area contributed by atoms with Gasteiger partial charge in [-0.15, -0.1) is 0 Å². The van der Waals surface area contributed by atoms with Crippen LogP contribution >= 0.6 is 0 Å². The van der Waals surface area contributed by atoms with E-state index in [1.165, 1.54) is 0 Å². The maximum absolute atomic E-state index is 4.55. The van der Waals surface area contributed by atoms with Gasteiger partial charge in [0.25, 0.3) is 0 Å². The maximum atomic E-state index is 4.55. The number of rotatable bonds is 10. The molecule has 4 heterocycles. The molecule has 0 aromatic carbocycles. The number of pyridine rings is 3. The largest absolute Gasteiger partial charge is 0.357 e. The number of hydrogen-bond acceptors (Lipinski definition) is 7. The average molecular weight is 519 g/mol. The van der Waals surface area contributed by atoms with E-state index in [0.717, 1.165) is 62.1 Å². The zero-order valence-electron chi connectivity index (χ0n) is 22.9. The first-order valence-corrected chi connectivity index (χ1v) is 12.5. The first-order valence-electron chi connectivity index (χ1n) is 12.5. The normalized spacial score (nSPS) is 12.0. The minimum absolute atomic E-state index is 0.646. The second-order valence-electron chi connectivity index (χ2n) is 9.58. The molecule has 0 saturated heterocycles. The van der Waals surface area contributed by atoms with Crippen LogP contribution in [0.15, 0.2) is 80.2 Å². The molecule has 0 spiro atoms. The van der Waals surface area contributed by atoms with E-state index in [4.69, 9.17) is 0 Å². The van der Waals surface area contributed by atoms with Gasteiger partial charge in [0, 0.05) is 53.5 Å². The molecule has 0 bridgehead atoms. The Bertz CT molecular complexity index is 1630. The molecule has 0 atom stereocenters. The molecule has 0 aliphatic rings. The van der Waals surface area contributed by atoms with Crippen molar-refractivity contribution >= 4 is 35.3 Å². The summed E-state index contributed by atoms with van der Waals surface area (Å²) in [6.45, 7) is 17.3. The van der Waals surface area contributed by atoms with Gasteiger partial charge in [-0.3, -0.25) is 20.1 Å². The fourth-order valence-electron chi connectivity index (χ4n) is 4.11. The van der Waals surface area contributed by atoms with Crippen LogP contribution in [0.1, 0.15) is 23.7 Å². The number of likely N-dealkylation sites (N-methyl/N-ethyl adjacent to an activating group) is 1. The number of nitrogens with one attached hydrogen (secondary N) is 3. The molecule has 8 nitrogen and oxygen atoms in total. The van der Waals surface area contributed by atoms with Crippen LogP contribution in [-0.4, -0.2) is 50.7 Å². The molecule has 0 radical (unpaired) electrons. The monoisotopic (exact) mass is 518 g/mol. The van der Waals surface area contributed by atoms with Gasteiger partial charge in [-0.05, 0) is 75.0 Å². The van der Waals surface area contributed by atoms with Crippen molar-refractivity contribution in [1.82, 2.24) is 30.0 Å². The van der Waals surface area contributed by atoms with Crippen molar-refractivity contribution in [2.45, 2.75) is 13.8 Å². The quantitative estimate of drug-likeness (QED) is 0.286. The van der Waals surface area contributed by atoms with Crippen LogP contribution < -0.4 is 21.2 Å². The molecule has 4 rings (SSSR count). The second kappa shape index (κ2) is 12.1. The van der Waals surface area contributed by atoms with Gasteiger partial charge in [0.2, 0.25) is 0 Å². The van der Waals surface area contributed by atoms with Crippen LogP contribution in [0, 0.1) is 6.92 Å². The third-order valence-electron chi connectivity index (χ3n) is 6.15. The van der Waals surface area contributed by atoms with Gasteiger partial charge in [0.15, 0.2) is 0 Å².